The molecule has 17 heavy (non-hydrogen) atoms. The monoisotopic (exact) mass is 417 g/mol. The Balaban J connectivity index is 2.49. The van der Waals surface area contributed by atoms with Crippen molar-refractivity contribution < 1.29 is 0 Å². The Bertz CT molecular complexity index is 498. The van der Waals surface area contributed by atoms with E-state index in [9.17, 15) is 0 Å². The molecule has 0 fully saturated rings. The van der Waals surface area contributed by atoms with E-state index in [1.165, 1.54) is 33.4 Å². The van der Waals surface area contributed by atoms with Gasteiger partial charge in [-0.15, -0.1) is 0 Å². The van der Waals surface area contributed by atoms with Gasteiger partial charge in [0.1, 0.15) is 0 Å². The molecule has 2 heteroatoms. The summed E-state index contributed by atoms with van der Waals surface area (Å²) >= 11 is 0.944. The summed E-state index contributed by atoms with van der Waals surface area (Å²) in [5.41, 5.74) is 14.4. The summed E-state index contributed by atoms with van der Waals surface area (Å²) in [6.45, 7) is 5.19. The number of hydrogen-bond acceptors (Lipinski definition) is 1. The Kier molecular flexibility index (Phi) is 4.20. The van der Waals surface area contributed by atoms with Gasteiger partial charge in [0.2, 0.25) is 0 Å². The zero-order valence-corrected chi connectivity index (χ0v) is 15.1. The SMILES string of the molecule is Cc1cc(CCN)c(C)c2c1CC(/C=[CH]/[Tl])=C2. The van der Waals surface area contributed by atoms with Crippen molar-refractivity contribution in [3.8, 4) is 0 Å². The van der Waals surface area contributed by atoms with Crippen LogP contribution in [0.2, 0.25) is 0 Å². The predicted octanol–water partition coefficient (Wildman–Crippen LogP) is 2.43. The van der Waals surface area contributed by atoms with Crippen LogP contribution in [0.5, 0.6) is 0 Å². The molecule has 0 saturated carbocycles. The summed E-state index contributed by atoms with van der Waals surface area (Å²) in [5, 5.41) is 0. The predicted molar refractivity (Wildman–Crippen MR) is 75.2 cm³/mol. The normalized spacial score (nSPS) is 14.1. The van der Waals surface area contributed by atoms with Gasteiger partial charge in [0.25, 0.3) is 0 Å². The van der Waals surface area contributed by atoms with Crippen molar-refractivity contribution in [1.82, 2.24) is 0 Å². The summed E-state index contributed by atoms with van der Waals surface area (Å²) in [7, 11) is 0. The molecule has 0 heterocycles. The average molecular weight is 417 g/mol. The zero-order valence-electron chi connectivity index (χ0n) is 10.6. The van der Waals surface area contributed by atoms with E-state index < -0.39 is 0 Å². The van der Waals surface area contributed by atoms with E-state index in [-0.39, 0.29) is 0 Å². The van der Waals surface area contributed by atoms with Gasteiger partial charge in [-0.05, 0) is 0 Å². The van der Waals surface area contributed by atoms with Crippen molar-refractivity contribution in [1.29, 1.82) is 0 Å². The molecular weight excluding hydrogens is 399 g/mol. The molecule has 0 atom stereocenters. The second kappa shape index (κ2) is 5.48. The van der Waals surface area contributed by atoms with E-state index in [0.29, 0.717) is 0 Å². The van der Waals surface area contributed by atoms with Crippen LogP contribution in [-0.4, -0.2) is 32.3 Å². The fourth-order valence-electron chi connectivity index (χ4n) is 2.58. The second-order valence-electron chi connectivity index (χ2n) is 4.66. The first-order chi connectivity index (χ1) is 8.17. The third kappa shape index (κ3) is 2.55. The molecule has 0 aliphatic heterocycles. The maximum atomic E-state index is 5.68. The molecule has 1 aliphatic rings. The van der Waals surface area contributed by atoms with E-state index in [0.717, 1.165) is 45.2 Å². The van der Waals surface area contributed by atoms with Crippen LogP contribution >= 0.6 is 0 Å². The first-order valence-electron chi connectivity index (χ1n) is 6.08. The number of hydrogen-bond donors (Lipinski definition) is 1. The van der Waals surface area contributed by atoms with Gasteiger partial charge in [0, 0.05) is 0 Å². The van der Waals surface area contributed by atoms with Gasteiger partial charge in [-0.3, -0.25) is 0 Å². The molecule has 2 N–H and O–H groups in total. The number of fused-ring (bicyclic) bond motifs is 1. The summed E-state index contributed by atoms with van der Waals surface area (Å²) in [6, 6.07) is 2.32. The van der Waals surface area contributed by atoms with Gasteiger partial charge < -0.3 is 0 Å². The Morgan fingerprint density at radius 3 is 2.82 bits per heavy atom. The van der Waals surface area contributed by atoms with E-state index in [1.54, 1.807) is 0 Å². The number of rotatable bonds is 3. The Hall–Kier alpha value is -0.418. The molecule has 86 valence electrons. The van der Waals surface area contributed by atoms with Crippen molar-refractivity contribution in [2.45, 2.75) is 26.7 Å². The molecule has 0 saturated heterocycles. The topological polar surface area (TPSA) is 26.0 Å². The molecule has 0 bridgehead atoms. The molecule has 1 aromatic carbocycles. The Morgan fingerprint density at radius 1 is 1.41 bits per heavy atom. The summed E-state index contributed by atoms with van der Waals surface area (Å²) < 4.78 is 2.28. The zero-order chi connectivity index (χ0) is 12.4. The molecule has 0 spiro atoms. The van der Waals surface area contributed by atoms with Crippen molar-refractivity contribution in [2.75, 3.05) is 6.54 Å². The molecular formula is C15H18NTl. The van der Waals surface area contributed by atoms with Crippen molar-refractivity contribution >= 4 is 31.8 Å². The molecule has 0 unspecified atom stereocenters. The minimum absolute atomic E-state index is 0.733. The van der Waals surface area contributed by atoms with Crippen LogP contribution in [0.1, 0.15) is 27.8 Å². The van der Waals surface area contributed by atoms with Gasteiger partial charge >= 0.3 is 120 Å². The average Bonchev–Trinajstić information content (AvgIpc) is 2.71. The fourth-order valence-corrected chi connectivity index (χ4v) is 3.55. The number of nitrogens with two attached hydrogens (primary N) is 1. The number of aryl methyl sites for hydroxylation is 1. The summed E-state index contributed by atoms with van der Waals surface area (Å²) in [4.78, 5) is 0. The van der Waals surface area contributed by atoms with Gasteiger partial charge in [-0.25, -0.2) is 0 Å². The van der Waals surface area contributed by atoms with Crippen molar-refractivity contribution in [3.63, 3.8) is 0 Å². The first-order valence-corrected chi connectivity index (χ1v) is 8.67. The molecule has 1 aliphatic carbocycles. The number of allylic oxidation sites excluding steroid dienone is 2. The molecule has 0 amide bonds. The van der Waals surface area contributed by atoms with Crippen LogP contribution in [0, 0.1) is 13.8 Å². The van der Waals surface area contributed by atoms with Crippen LogP contribution in [0.4, 0.5) is 0 Å². The maximum absolute atomic E-state index is 5.68. The van der Waals surface area contributed by atoms with Crippen LogP contribution in [-0.2, 0) is 12.8 Å². The van der Waals surface area contributed by atoms with Gasteiger partial charge in [-0.2, -0.15) is 0 Å². The van der Waals surface area contributed by atoms with Crippen molar-refractivity contribution in [3.05, 3.63) is 49.2 Å². The van der Waals surface area contributed by atoms with Crippen molar-refractivity contribution in [2.24, 2.45) is 5.73 Å². The Labute approximate surface area is 119 Å². The number of benzene rings is 1. The summed E-state index contributed by atoms with van der Waals surface area (Å²) in [5.74, 6) is 0. The minimum atomic E-state index is 0.733. The third-order valence-electron chi connectivity index (χ3n) is 3.51. The van der Waals surface area contributed by atoms with Crippen LogP contribution in [0.15, 0.2) is 21.4 Å². The molecule has 1 aromatic rings. The third-order valence-corrected chi connectivity index (χ3v) is 4.26. The van der Waals surface area contributed by atoms with Gasteiger partial charge in [0.15, 0.2) is 0 Å². The van der Waals surface area contributed by atoms with Crippen LogP contribution in [0.25, 0.3) is 6.08 Å². The van der Waals surface area contributed by atoms with E-state index in [2.05, 4.69) is 35.7 Å². The molecule has 2 rings (SSSR count). The molecule has 0 radical (unpaired) electrons. The van der Waals surface area contributed by atoms with Crippen LogP contribution < -0.4 is 5.73 Å². The van der Waals surface area contributed by atoms with E-state index in [1.807, 2.05) is 0 Å². The van der Waals surface area contributed by atoms with E-state index in [4.69, 9.17) is 5.73 Å². The van der Waals surface area contributed by atoms with Crippen LogP contribution in [0.3, 0.4) is 0 Å². The summed E-state index contributed by atoms with van der Waals surface area (Å²) in [6.07, 6.45) is 6.73. The molecule has 0 aromatic heterocycles. The quantitative estimate of drug-likeness (QED) is 0.753. The second-order valence-corrected chi connectivity index (χ2v) is 6.16. The first kappa shape index (κ1) is 13.0. The fraction of sp³-hybridized carbons (Fsp3) is 0.333. The Morgan fingerprint density at radius 2 is 2.18 bits per heavy atom. The van der Waals surface area contributed by atoms with Gasteiger partial charge in [0.05, 0.1) is 0 Å². The standard InChI is InChI=1S/C15H18N.Tl/c1-4-12-8-14-10(2)7-13(5-6-16)11(3)15(14)9-12;/h1,4,7,9H,5-6,8,16H2,2-3H3;. The molecule has 1 nitrogen and oxygen atoms in total. The van der Waals surface area contributed by atoms with Gasteiger partial charge in [-0.1, -0.05) is 0 Å². The van der Waals surface area contributed by atoms with E-state index >= 15 is 0 Å².